The zero-order valence-corrected chi connectivity index (χ0v) is 23.6. The summed E-state index contributed by atoms with van der Waals surface area (Å²) in [7, 11) is 0. The number of fused-ring (bicyclic) bond motifs is 1. The highest BCUT2D eigenvalue weighted by molar-refractivity contribution is 5.70. The van der Waals surface area contributed by atoms with E-state index in [2.05, 4.69) is 89.7 Å². The quantitative estimate of drug-likeness (QED) is 0.165. The highest BCUT2D eigenvalue weighted by Gasteiger charge is 2.34. The third-order valence-electron chi connectivity index (χ3n) is 8.31. The molecule has 0 radical (unpaired) electrons. The van der Waals surface area contributed by atoms with Crippen molar-refractivity contribution in [2.45, 2.75) is 56.3 Å². The maximum absolute atomic E-state index is 11.4. The van der Waals surface area contributed by atoms with Gasteiger partial charge in [0.15, 0.2) is 6.79 Å². The van der Waals surface area contributed by atoms with Crippen LogP contribution >= 0.6 is 0 Å². The largest absolute Gasteiger partial charge is 0.490 e. The van der Waals surface area contributed by atoms with Crippen LogP contribution in [0.15, 0.2) is 103 Å². The van der Waals surface area contributed by atoms with Gasteiger partial charge in [0.1, 0.15) is 30.8 Å². The molecule has 0 bridgehead atoms. The lowest BCUT2D eigenvalue weighted by Crippen LogP contribution is -2.40. The Morgan fingerprint density at radius 1 is 0.786 bits per heavy atom. The number of rotatable bonds is 11. The molecule has 6 heteroatoms. The van der Waals surface area contributed by atoms with Crippen LogP contribution in [0.2, 0.25) is 0 Å². The molecule has 216 valence electrons. The van der Waals surface area contributed by atoms with Gasteiger partial charge in [-0.25, -0.2) is 4.79 Å². The predicted molar refractivity (Wildman–Crippen MR) is 160 cm³/mol. The first-order valence-electron chi connectivity index (χ1n) is 14.7. The first-order chi connectivity index (χ1) is 20.7. The van der Waals surface area contributed by atoms with E-state index in [9.17, 15) is 4.79 Å². The first-order valence-corrected chi connectivity index (χ1v) is 14.7. The van der Waals surface area contributed by atoms with E-state index in [1.165, 1.54) is 22.3 Å². The van der Waals surface area contributed by atoms with Crippen molar-refractivity contribution in [1.29, 1.82) is 0 Å². The summed E-state index contributed by atoms with van der Waals surface area (Å²) in [6, 6.07) is 36.2. The van der Waals surface area contributed by atoms with Crippen molar-refractivity contribution in [2.24, 2.45) is 0 Å². The number of esters is 1. The first kappa shape index (κ1) is 28.0. The zero-order chi connectivity index (χ0) is 28.7. The average Bonchev–Trinajstić information content (AvgIpc) is 3.02. The Morgan fingerprint density at radius 3 is 2.24 bits per heavy atom. The molecule has 6 nitrogen and oxygen atoms in total. The van der Waals surface area contributed by atoms with E-state index in [0.717, 1.165) is 42.7 Å². The molecular weight excluding hydrogens is 528 g/mol. The Hall–Kier alpha value is -4.13. The Balaban J connectivity index is 1.15. The van der Waals surface area contributed by atoms with Gasteiger partial charge in [0.25, 0.3) is 0 Å². The lowest BCUT2D eigenvalue weighted by Gasteiger charge is -2.36. The third-order valence-corrected chi connectivity index (χ3v) is 8.31. The molecule has 1 N–H and O–H groups in total. The van der Waals surface area contributed by atoms with Crippen molar-refractivity contribution in [2.75, 3.05) is 13.4 Å². The number of carbonyl (C=O) groups is 1. The summed E-state index contributed by atoms with van der Waals surface area (Å²) in [5.74, 6) is 1.79. The Labute approximate surface area is 246 Å². The van der Waals surface area contributed by atoms with E-state index in [1.807, 2.05) is 18.2 Å². The number of aliphatic hydroxyl groups excluding tert-OH is 1. The number of carbonyl (C=O) groups excluding carboxylic acids is 1. The Bertz CT molecular complexity index is 1450. The molecule has 4 aromatic rings. The van der Waals surface area contributed by atoms with Crippen LogP contribution < -0.4 is 9.47 Å². The molecule has 0 spiro atoms. The minimum absolute atomic E-state index is 0.0348. The Kier molecular flexibility index (Phi) is 8.83. The lowest BCUT2D eigenvalue weighted by molar-refractivity contribution is -0.163. The molecule has 2 aliphatic rings. The maximum atomic E-state index is 11.4. The molecule has 0 heterocycles. The summed E-state index contributed by atoms with van der Waals surface area (Å²) >= 11 is 0. The molecule has 0 saturated heterocycles. The van der Waals surface area contributed by atoms with Crippen LogP contribution in [0, 0.1) is 0 Å². The van der Waals surface area contributed by atoms with Crippen LogP contribution in [0.3, 0.4) is 0 Å². The molecule has 1 saturated carbocycles. The van der Waals surface area contributed by atoms with Gasteiger partial charge in [-0.15, -0.1) is 0 Å². The molecule has 2 atom stereocenters. The van der Waals surface area contributed by atoms with Crippen molar-refractivity contribution in [3.63, 3.8) is 0 Å². The van der Waals surface area contributed by atoms with Crippen molar-refractivity contribution in [3.8, 4) is 11.5 Å². The van der Waals surface area contributed by atoms with E-state index >= 15 is 0 Å². The minimum Gasteiger partial charge on any atom is -0.490 e. The second-order valence-electron chi connectivity index (χ2n) is 11.0. The van der Waals surface area contributed by atoms with Gasteiger partial charge in [0.05, 0.1) is 6.10 Å². The number of hydrogen-bond acceptors (Lipinski definition) is 6. The summed E-state index contributed by atoms with van der Waals surface area (Å²) in [5, 5.41) is 8.65. The Morgan fingerprint density at radius 2 is 1.50 bits per heavy atom. The summed E-state index contributed by atoms with van der Waals surface area (Å²) < 4.78 is 22.4. The summed E-state index contributed by atoms with van der Waals surface area (Å²) in [6.45, 7) is -0.225. The highest BCUT2D eigenvalue weighted by atomic mass is 16.6. The van der Waals surface area contributed by atoms with Crippen LogP contribution in [0.4, 0.5) is 0 Å². The molecule has 0 amide bonds. The van der Waals surface area contributed by atoms with Crippen LogP contribution in [0.5, 0.6) is 11.5 Å². The van der Waals surface area contributed by atoms with Crippen LogP contribution in [-0.2, 0) is 27.3 Å². The van der Waals surface area contributed by atoms with E-state index < -0.39 is 12.8 Å². The number of benzene rings is 4. The van der Waals surface area contributed by atoms with Crippen molar-refractivity contribution < 1.29 is 28.8 Å². The van der Waals surface area contributed by atoms with Gasteiger partial charge < -0.3 is 24.1 Å². The van der Waals surface area contributed by atoms with Crippen molar-refractivity contribution >= 4 is 5.97 Å². The van der Waals surface area contributed by atoms with Gasteiger partial charge in [-0.1, -0.05) is 78.9 Å². The topological polar surface area (TPSA) is 74.2 Å². The lowest BCUT2D eigenvalue weighted by atomic mass is 9.69. The molecule has 1 fully saturated rings. The standard InChI is InChI=1S/C36H36O6/c37-24-41-35(38)23-40-31-20-32(21-31)42-29-14-11-27(12-15-29)36-33(26-9-5-2-6-10-26)17-13-28-19-30(16-18-34(28)36)39-22-25-7-3-1-4-8-25/h1-12,14-16,18-19,31-33,36-37H,13,17,20-24H2/t31?,32?,33-,36+/m1/s1. The smallest absolute Gasteiger partial charge is 0.334 e. The number of aryl methyl sites for hydroxylation is 1. The third kappa shape index (κ3) is 6.67. The fourth-order valence-electron chi connectivity index (χ4n) is 6.09. The van der Waals surface area contributed by atoms with Gasteiger partial charge in [-0.3, -0.25) is 0 Å². The van der Waals surface area contributed by atoms with Gasteiger partial charge in [0, 0.05) is 18.8 Å². The summed E-state index contributed by atoms with van der Waals surface area (Å²) in [5.41, 5.74) is 6.50. The molecule has 6 rings (SSSR count). The fraction of sp³-hybridized carbons (Fsp3) is 0.306. The number of ether oxygens (including phenoxy) is 4. The van der Waals surface area contributed by atoms with Gasteiger partial charge in [0.2, 0.25) is 0 Å². The van der Waals surface area contributed by atoms with E-state index in [1.54, 1.807) is 0 Å². The molecule has 0 aromatic heterocycles. The van der Waals surface area contributed by atoms with Crippen molar-refractivity contribution in [3.05, 3.63) is 131 Å². The summed E-state index contributed by atoms with van der Waals surface area (Å²) in [6.07, 6.45) is 3.53. The van der Waals surface area contributed by atoms with Crippen molar-refractivity contribution in [1.82, 2.24) is 0 Å². The van der Waals surface area contributed by atoms with E-state index in [4.69, 9.17) is 19.3 Å². The molecular formula is C36H36O6. The maximum Gasteiger partial charge on any atom is 0.334 e. The van der Waals surface area contributed by atoms with Gasteiger partial charge >= 0.3 is 5.97 Å². The second kappa shape index (κ2) is 13.2. The minimum atomic E-state index is -0.628. The highest BCUT2D eigenvalue weighted by Crippen LogP contribution is 2.47. The monoisotopic (exact) mass is 564 g/mol. The molecule has 0 unspecified atom stereocenters. The van der Waals surface area contributed by atoms with Gasteiger partial charge in [-0.05, 0) is 70.8 Å². The van der Waals surface area contributed by atoms with Gasteiger partial charge in [-0.2, -0.15) is 0 Å². The summed E-state index contributed by atoms with van der Waals surface area (Å²) in [4.78, 5) is 11.4. The zero-order valence-electron chi connectivity index (χ0n) is 23.6. The van der Waals surface area contributed by atoms with E-state index in [-0.39, 0.29) is 24.7 Å². The predicted octanol–water partition coefficient (Wildman–Crippen LogP) is 6.55. The van der Waals surface area contributed by atoms with E-state index in [0.29, 0.717) is 12.5 Å². The van der Waals surface area contributed by atoms with Crippen LogP contribution in [-0.4, -0.2) is 36.7 Å². The number of aliphatic hydroxyl groups is 1. The molecule has 4 aromatic carbocycles. The normalized spacial score (nSPS) is 21.1. The van der Waals surface area contributed by atoms with Crippen LogP contribution in [0.1, 0.15) is 58.9 Å². The molecule has 2 aliphatic carbocycles. The average molecular weight is 565 g/mol. The SMILES string of the molecule is O=C(COC1CC(Oc2ccc([C@@H]3c4ccc(OCc5ccccc5)cc4CC[C@@H]3c3ccccc3)cc2)C1)OCO. The molecule has 42 heavy (non-hydrogen) atoms. The van der Waals surface area contributed by atoms with Crippen LogP contribution in [0.25, 0.3) is 0 Å². The second-order valence-corrected chi connectivity index (χ2v) is 11.0. The fourth-order valence-corrected chi connectivity index (χ4v) is 6.09. The molecule has 0 aliphatic heterocycles. The number of hydrogen-bond donors (Lipinski definition) is 1.